The molecule has 1 heterocycles. The minimum Gasteiger partial charge on any atom is -0.479 e. The number of rotatable bonds is 10. The number of carbonyl (C=O) groups is 1. The molecular weight excluding hydrogens is 472 g/mol. The van der Waals surface area contributed by atoms with Gasteiger partial charge in [-0.15, -0.1) is 11.8 Å². The Balaban J connectivity index is 1.49. The molecule has 0 amide bonds. The van der Waals surface area contributed by atoms with Gasteiger partial charge < -0.3 is 9.47 Å². The average molecular weight is 501 g/mol. The number of esters is 1. The van der Waals surface area contributed by atoms with Crippen molar-refractivity contribution >= 4 is 17.7 Å². The van der Waals surface area contributed by atoms with E-state index < -0.39 is 12.1 Å². The van der Waals surface area contributed by atoms with E-state index in [2.05, 4.69) is 24.3 Å². The minimum atomic E-state index is -0.692. The molecule has 1 aromatic heterocycles. The van der Waals surface area contributed by atoms with Crippen LogP contribution < -0.4 is 10.3 Å². The monoisotopic (exact) mass is 500 g/mol. The van der Waals surface area contributed by atoms with Crippen LogP contribution in [-0.4, -0.2) is 34.7 Å². The first kappa shape index (κ1) is 25.3. The highest BCUT2D eigenvalue weighted by molar-refractivity contribution is 7.99. The fourth-order valence-electron chi connectivity index (χ4n) is 3.91. The van der Waals surface area contributed by atoms with Gasteiger partial charge in [-0.2, -0.15) is 5.10 Å². The molecule has 0 bridgehead atoms. The van der Waals surface area contributed by atoms with Crippen molar-refractivity contribution in [3.05, 3.63) is 124 Å². The molecule has 0 N–H and O–H groups in total. The molecule has 0 spiro atoms. The lowest BCUT2D eigenvalue weighted by Crippen LogP contribution is -2.25. The summed E-state index contributed by atoms with van der Waals surface area (Å²) in [6.45, 7) is 2.10. The number of ether oxygens (including phenoxy) is 2. The second kappa shape index (κ2) is 12.2. The van der Waals surface area contributed by atoms with Gasteiger partial charge in [-0.25, -0.2) is 9.48 Å². The minimum absolute atomic E-state index is 0.0717. The first-order valence-electron chi connectivity index (χ1n) is 11.7. The Morgan fingerprint density at radius 1 is 0.917 bits per heavy atom. The number of aryl methyl sites for hydroxylation is 1. The van der Waals surface area contributed by atoms with Crippen molar-refractivity contribution < 1.29 is 14.3 Å². The van der Waals surface area contributed by atoms with Gasteiger partial charge in [0, 0.05) is 16.7 Å². The van der Waals surface area contributed by atoms with E-state index >= 15 is 0 Å². The Morgan fingerprint density at radius 3 is 2.22 bits per heavy atom. The van der Waals surface area contributed by atoms with Crippen LogP contribution in [0.5, 0.6) is 5.75 Å². The molecule has 0 aliphatic heterocycles. The number of hydrogen-bond acceptors (Lipinski definition) is 6. The standard InChI is InChI=1S/C29H28N2O4S/c1-21(29(33)34-2)35-24-14-9-15-25(20-24)36-19-18-31-27(32)17-16-26(30-31)28(22-10-5-3-6-11-22)23-12-7-4-8-13-23/h3-17,20-21,28H,18-19H2,1-2H3/t21-/m0/s1. The number of carbonyl (C=O) groups excluding carboxylic acids is 1. The van der Waals surface area contributed by atoms with Crippen LogP contribution in [0.15, 0.2) is 107 Å². The molecule has 3 aromatic carbocycles. The van der Waals surface area contributed by atoms with Crippen LogP contribution in [0.2, 0.25) is 0 Å². The van der Waals surface area contributed by atoms with E-state index in [0.29, 0.717) is 18.0 Å². The third-order valence-corrected chi connectivity index (χ3v) is 6.65. The molecule has 0 radical (unpaired) electrons. The highest BCUT2D eigenvalue weighted by Crippen LogP contribution is 2.30. The molecule has 7 heteroatoms. The second-order valence-corrected chi connectivity index (χ2v) is 9.35. The topological polar surface area (TPSA) is 70.4 Å². The fourth-order valence-corrected chi connectivity index (χ4v) is 4.78. The Bertz CT molecular complexity index is 1300. The molecule has 184 valence electrons. The first-order valence-corrected chi connectivity index (χ1v) is 12.7. The second-order valence-electron chi connectivity index (χ2n) is 8.18. The van der Waals surface area contributed by atoms with Crippen molar-refractivity contribution in [3.63, 3.8) is 0 Å². The average Bonchev–Trinajstić information content (AvgIpc) is 2.91. The summed E-state index contributed by atoms with van der Waals surface area (Å²) in [4.78, 5) is 25.2. The van der Waals surface area contributed by atoms with Crippen molar-refractivity contribution in [1.29, 1.82) is 0 Å². The number of nitrogens with zero attached hydrogens (tertiary/aromatic N) is 2. The molecule has 0 fully saturated rings. The number of thioether (sulfide) groups is 1. The molecule has 6 nitrogen and oxygen atoms in total. The third-order valence-electron chi connectivity index (χ3n) is 5.67. The summed E-state index contributed by atoms with van der Waals surface area (Å²) < 4.78 is 11.9. The van der Waals surface area contributed by atoms with Crippen molar-refractivity contribution in [2.24, 2.45) is 0 Å². The van der Waals surface area contributed by atoms with Gasteiger partial charge in [0.05, 0.1) is 25.3 Å². The maximum atomic E-state index is 12.6. The van der Waals surface area contributed by atoms with Gasteiger partial charge in [-0.1, -0.05) is 66.7 Å². The summed E-state index contributed by atoms with van der Waals surface area (Å²) in [5, 5.41) is 4.76. The van der Waals surface area contributed by atoms with Gasteiger partial charge >= 0.3 is 5.97 Å². The molecule has 0 saturated carbocycles. The van der Waals surface area contributed by atoms with Crippen LogP contribution in [0.3, 0.4) is 0 Å². The van der Waals surface area contributed by atoms with E-state index in [1.54, 1.807) is 30.8 Å². The van der Waals surface area contributed by atoms with Crippen LogP contribution >= 0.6 is 11.8 Å². The zero-order valence-electron chi connectivity index (χ0n) is 20.2. The normalized spacial score (nSPS) is 11.8. The molecular formula is C29H28N2O4S. The number of hydrogen-bond donors (Lipinski definition) is 0. The summed E-state index contributed by atoms with van der Waals surface area (Å²) in [7, 11) is 1.33. The van der Waals surface area contributed by atoms with Crippen molar-refractivity contribution in [3.8, 4) is 5.75 Å². The Kier molecular flexibility index (Phi) is 8.57. The highest BCUT2D eigenvalue weighted by Gasteiger charge is 2.19. The van der Waals surface area contributed by atoms with Crippen LogP contribution in [-0.2, 0) is 16.1 Å². The fraction of sp³-hybridized carbons (Fsp3) is 0.207. The zero-order valence-corrected chi connectivity index (χ0v) is 21.1. The predicted octanol–water partition coefficient (Wildman–Crippen LogP) is 5.16. The Labute approximate surface area is 214 Å². The molecule has 4 aromatic rings. The van der Waals surface area contributed by atoms with Gasteiger partial charge in [-0.3, -0.25) is 4.79 Å². The molecule has 4 rings (SSSR count). The van der Waals surface area contributed by atoms with Crippen LogP contribution in [0, 0.1) is 0 Å². The molecule has 0 aliphatic carbocycles. The van der Waals surface area contributed by atoms with E-state index in [1.807, 2.05) is 60.7 Å². The Morgan fingerprint density at radius 2 is 1.58 bits per heavy atom. The smallest absolute Gasteiger partial charge is 0.346 e. The lowest BCUT2D eigenvalue weighted by atomic mass is 9.88. The van der Waals surface area contributed by atoms with Crippen molar-refractivity contribution in [1.82, 2.24) is 9.78 Å². The SMILES string of the molecule is COC(=O)[C@H](C)Oc1cccc(SCCn2nc(C(c3ccccc3)c3ccccc3)ccc2=O)c1. The number of methoxy groups -OCH3 is 1. The predicted molar refractivity (Wildman–Crippen MR) is 142 cm³/mol. The van der Waals surface area contributed by atoms with Gasteiger partial charge in [0.1, 0.15) is 5.75 Å². The summed E-state index contributed by atoms with van der Waals surface area (Å²) in [6, 6.07) is 31.3. The summed E-state index contributed by atoms with van der Waals surface area (Å²) in [5.74, 6) is 0.734. The lowest BCUT2D eigenvalue weighted by molar-refractivity contribution is -0.147. The largest absolute Gasteiger partial charge is 0.479 e. The van der Waals surface area contributed by atoms with E-state index in [0.717, 1.165) is 21.7 Å². The summed E-state index contributed by atoms with van der Waals surface area (Å²) >= 11 is 1.59. The maximum absolute atomic E-state index is 12.6. The molecule has 0 saturated heterocycles. The zero-order chi connectivity index (χ0) is 25.3. The molecule has 1 atom stereocenters. The van der Waals surface area contributed by atoms with E-state index in [1.165, 1.54) is 11.8 Å². The van der Waals surface area contributed by atoms with E-state index in [-0.39, 0.29) is 11.5 Å². The maximum Gasteiger partial charge on any atom is 0.346 e. The molecule has 0 unspecified atom stereocenters. The van der Waals surface area contributed by atoms with E-state index in [4.69, 9.17) is 14.6 Å². The summed E-state index contributed by atoms with van der Waals surface area (Å²) in [5.41, 5.74) is 2.93. The first-order chi connectivity index (χ1) is 17.5. The number of aromatic nitrogens is 2. The van der Waals surface area contributed by atoms with Crippen LogP contribution in [0.4, 0.5) is 0 Å². The van der Waals surface area contributed by atoms with Crippen molar-refractivity contribution in [2.75, 3.05) is 12.9 Å². The Hall–Kier alpha value is -3.84. The molecule has 36 heavy (non-hydrogen) atoms. The quantitative estimate of drug-likeness (QED) is 0.221. The molecule has 0 aliphatic rings. The lowest BCUT2D eigenvalue weighted by Gasteiger charge is -2.18. The van der Waals surface area contributed by atoms with E-state index in [9.17, 15) is 9.59 Å². The van der Waals surface area contributed by atoms with Crippen LogP contribution in [0.25, 0.3) is 0 Å². The highest BCUT2D eigenvalue weighted by atomic mass is 32.2. The number of benzene rings is 3. The van der Waals surface area contributed by atoms with Gasteiger partial charge in [0.15, 0.2) is 6.10 Å². The van der Waals surface area contributed by atoms with Gasteiger partial charge in [-0.05, 0) is 42.3 Å². The summed E-state index contributed by atoms with van der Waals surface area (Å²) in [6.07, 6.45) is -0.692. The van der Waals surface area contributed by atoms with Crippen molar-refractivity contribution in [2.45, 2.75) is 30.4 Å². The third kappa shape index (κ3) is 6.43. The van der Waals surface area contributed by atoms with Gasteiger partial charge in [0.2, 0.25) is 0 Å². The van der Waals surface area contributed by atoms with Crippen LogP contribution in [0.1, 0.15) is 29.7 Å². The van der Waals surface area contributed by atoms with Gasteiger partial charge in [0.25, 0.3) is 5.56 Å².